The molecule has 3 aliphatic rings. The third-order valence-corrected chi connectivity index (χ3v) is 6.87. The van der Waals surface area contributed by atoms with E-state index in [1.54, 1.807) is 0 Å². The van der Waals surface area contributed by atoms with E-state index in [0.29, 0.717) is 13.0 Å². The summed E-state index contributed by atoms with van der Waals surface area (Å²) in [7, 11) is 0. The Morgan fingerprint density at radius 1 is 1.14 bits per heavy atom. The first-order valence-corrected chi connectivity index (χ1v) is 10.7. The maximum atomic E-state index is 13.6. The first-order chi connectivity index (χ1) is 14.2. The molecular weight excluding hydrogens is 362 g/mol. The second-order valence-electron chi connectivity index (χ2n) is 8.42. The highest BCUT2D eigenvalue weighted by Crippen LogP contribution is 2.55. The van der Waals surface area contributed by atoms with Crippen LogP contribution in [0.25, 0.3) is 0 Å². The van der Waals surface area contributed by atoms with Gasteiger partial charge in [-0.2, -0.15) is 0 Å². The summed E-state index contributed by atoms with van der Waals surface area (Å²) >= 11 is 0. The van der Waals surface area contributed by atoms with Crippen molar-refractivity contribution in [3.8, 4) is 0 Å². The fourth-order valence-corrected chi connectivity index (χ4v) is 5.56. The van der Waals surface area contributed by atoms with Gasteiger partial charge in [-0.05, 0) is 30.0 Å². The standard InChI is InChI=1S/C24H27N3O2/c1-2-3-14-27-22(29)21-24(18-11-7-8-12-19(18)25-23(24)27)13-15-26(21)20(28)16-17-9-5-4-6-10-17/h4-12,21,23,25H,2-3,13-16H2,1H3/t21-,23-,24+/m0/s1. The number of rotatable bonds is 5. The fourth-order valence-electron chi connectivity index (χ4n) is 5.56. The van der Waals surface area contributed by atoms with E-state index in [1.165, 1.54) is 5.56 Å². The Bertz CT molecular complexity index is 944. The summed E-state index contributed by atoms with van der Waals surface area (Å²) in [4.78, 5) is 30.7. The highest BCUT2D eigenvalue weighted by atomic mass is 16.2. The first-order valence-electron chi connectivity index (χ1n) is 10.7. The molecule has 150 valence electrons. The number of anilines is 1. The van der Waals surface area contributed by atoms with Gasteiger partial charge >= 0.3 is 0 Å². The number of likely N-dealkylation sites (tertiary alicyclic amines) is 2. The molecule has 1 N–H and O–H groups in total. The first kappa shape index (κ1) is 18.2. The number of hydrogen-bond donors (Lipinski definition) is 1. The minimum Gasteiger partial charge on any atom is -0.364 e. The molecular formula is C24H27N3O2. The molecule has 0 aromatic heterocycles. The quantitative estimate of drug-likeness (QED) is 0.855. The molecule has 0 aliphatic carbocycles. The summed E-state index contributed by atoms with van der Waals surface area (Å²) in [6.45, 7) is 3.51. The van der Waals surface area contributed by atoms with Gasteiger partial charge in [-0.15, -0.1) is 0 Å². The van der Waals surface area contributed by atoms with Crippen LogP contribution in [0.3, 0.4) is 0 Å². The molecule has 0 unspecified atom stereocenters. The number of fused-ring (bicyclic) bond motifs is 1. The second kappa shape index (κ2) is 6.90. The summed E-state index contributed by atoms with van der Waals surface area (Å²) in [6, 6.07) is 17.7. The highest BCUT2D eigenvalue weighted by molar-refractivity contribution is 5.95. The number of carbonyl (C=O) groups is 2. The normalized spacial score (nSPS) is 26.9. The predicted molar refractivity (Wildman–Crippen MR) is 112 cm³/mol. The van der Waals surface area contributed by atoms with Gasteiger partial charge in [0.2, 0.25) is 11.8 Å². The van der Waals surface area contributed by atoms with Crippen molar-refractivity contribution >= 4 is 17.5 Å². The van der Waals surface area contributed by atoms with Crippen LogP contribution in [0.5, 0.6) is 0 Å². The van der Waals surface area contributed by atoms with E-state index in [1.807, 2.05) is 52.3 Å². The van der Waals surface area contributed by atoms with Gasteiger partial charge in [0, 0.05) is 18.8 Å². The van der Waals surface area contributed by atoms with Gasteiger partial charge in [0.05, 0.1) is 11.8 Å². The number of carbonyl (C=O) groups excluding carboxylic acids is 2. The van der Waals surface area contributed by atoms with Crippen molar-refractivity contribution < 1.29 is 9.59 Å². The molecule has 5 nitrogen and oxygen atoms in total. The molecule has 2 saturated heterocycles. The van der Waals surface area contributed by atoms with Crippen molar-refractivity contribution in [1.82, 2.24) is 9.80 Å². The van der Waals surface area contributed by atoms with E-state index < -0.39 is 6.04 Å². The number of benzene rings is 2. The number of amides is 2. The molecule has 2 aromatic carbocycles. The molecule has 0 bridgehead atoms. The fraction of sp³-hybridized carbons (Fsp3) is 0.417. The Balaban J connectivity index is 1.51. The summed E-state index contributed by atoms with van der Waals surface area (Å²) < 4.78 is 0. The Labute approximate surface area is 171 Å². The SMILES string of the molecule is CCCCN1C(=O)[C@@H]2N(C(=O)Cc3ccccc3)CC[C@@]23c2ccccc2N[C@@H]13. The molecule has 2 amide bonds. The zero-order valence-corrected chi connectivity index (χ0v) is 16.8. The lowest BCUT2D eigenvalue weighted by molar-refractivity contribution is -0.141. The molecule has 3 atom stereocenters. The largest absolute Gasteiger partial charge is 0.364 e. The van der Waals surface area contributed by atoms with Crippen molar-refractivity contribution in [3.63, 3.8) is 0 Å². The van der Waals surface area contributed by atoms with Crippen molar-refractivity contribution in [2.24, 2.45) is 0 Å². The molecule has 5 rings (SSSR count). The van der Waals surface area contributed by atoms with E-state index >= 15 is 0 Å². The average Bonchev–Trinajstić information content (AvgIpc) is 3.35. The third-order valence-electron chi connectivity index (χ3n) is 6.87. The minimum atomic E-state index is -0.406. The summed E-state index contributed by atoms with van der Waals surface area (Å²) in [6.07, 6.45) is 3.12. The van der Waals surface area contributed by atoms with Crippen molar-refractivity contribution in [1.29, 1.82) is 0 Å². The molecule has 3 aliphatic heterocycles. The molecule has 3 heterocycles. The van der Waals surface area contributed by atoms with Crippen LogP contribution in [0.15, 0.2) is 54.6 Å². The zero-order chi connectivity index (χ0) is 20.0. The number of hydrogen-bond acceptors (Lipinski definition) is 3. The monoisotopic (exact) mass is 389 g/mol. The van der Waals surface area contributed by atoms with Crippen LogP contribution >= 0.6 is 0 Å². The van der Waals surface area contributed by atoms with Crippen molar-refractivity contribution in [2.45, 2.75) is 50.2 Å². The summed E-state index contributed by atoms with van der Waals surface area (Å²) in [5.74, 6) is 0.149. The molecule has 0 radical (unpaired) electrons. The molecule has 2 aromatic rings. The smallest absolute Gasteiger partial charge is 0.248 e. The lowest BCUT2D eigenvalue weighted by atomic mass is 9.75. The van der Waals surface area contributed by atoms with Gasteiger partial charge in [0.1, 0.15) is 12.2 Å². The molecule has 5 heteroatoms. The Morgan fingerprint density at radius 3 is 2.69 bits per heavy atom. The third kappa shape index (κ3) is 2.60. The second-order valence-corrected chi connectivity index (χ2v) is 8.42. The maximum Gasteiger partial charge on any atom is 0.248 e. The van der Waals surface area contributed by atoms with Gasteiger partial charge in [-0.3, -0.25) is 9.59 Å². The van der Waals surface area contributed by atoms with Crippen LogP contribution in [0.1, 0.15) is 37.3 Å². The Kier molecular flexibility index (Phi) is 4.34. The van der Waals surface area contributed by atoms with E-state index in [-0.39, 0.29) is 23.4 Å². The van der Waals surface area contributed by atoms with Gasteiger partial charge in [-0.1, -0.05) is 61.9 Å². The van der Waals surface area contributed by atoms with Crippen LogP contribution < -0.4 is 5.32 Å². The van der Waals surface area contributed by atoms with Crippen LogP contribution in [0, 0.1) is 0 Å². The van der Waals surface area contributed by atoms with E-state index in [4.69, 9.17) is 0 Å². The van der Waals surface area contributed by atoms with Crippen LogP contribution in [-0.4, -0.2) is 46.9 Å². The average molecular weight is 389 g/mol. The van der Waals surface area contributed by atoms with Gasteiger partial charge < -0.3 is 15.1 Å². The van der Waals surface area contributed by atoms with E-state index in [2.05, 4.69) is 24.4 Å². The van der Waals surface area contributed by atoms with Crippen molar-refractivity contribution in [2.75, 3.05) is 18.4 Å². The topological polar surface area (TPSA) is 52.7 Å². The molecule has 29 heavy (non-hydrogen) atoms. The maximum absolute atomic E-state index is 13.6. The molecule has 1 spiro atoms. The lowest BCUT2D eigenvalue weighted by Crippen LogP contribution is -2.47. The van der Waals surface area contributed by atoms with Crippen molar-refractivity contribution in [3.05, 3.63) is 65.7 Å². The van der Waals surface area contributed by atoms with Crippen LogP contribution in [0.2, 0.25) is 0 Å². The highest BCUT2D eigenvalue weighted by Gasteiger charge is 2.68. The number of para-hydroxylation sites is 1. The van der Waals surface area contributed by atoms with E-state index in [9.17, 15) is 9.59 Å². The van der Waals surface area contributed by atoms with Crippen LogP contribution in [0.4, 0.5) is 5.69 Å². The molecule has 0 saturated carbocycles. The lowest BCUT2D eigenvalue weighted by Gasteiger charge is -2.30. The molecule has 2 fully saturated rings. The Morgan fingerprint density at radius 2 is 1.90 bits per heavy atom. The Hall–Kier alpha value is -2.82. The van der Waals surface area contributed by atoms with Gasteiger partial charge in [0.25, 0.3) is 0 Å². The van der Waals surface area contributed by atoms with Gasteiger partial charge in [0.15, 0.2) is 0 Å². The summed E-state index contributed by atoms with van der Waals surface area (Å²) in [5.41, 5.74) is 2.95. The van der Waals surface area contributed by atoms with Gasteiger partial charge in [-0.25, -0.2) is 0 Å². The zero-order valence-electron chi connectivity index (χ0n) is 16.8. The number of nitrogens with one attached hydrogen (secondary N) is 1. The van der Waals surface area contributed by atoms with Crippen LogP contribution in [-0.2, 0) is 21.4 Å². The number of nitrogens with zero attached hydrogens (tertiary/aromatic N) is 2. The summed E-state index contributed by atoms with van der Waals surface area (Å²) in [5, 5.41) is 3.62. The minimum absolute atomic E-state index is 0.0481. The van der Waals surface area contributed by atoms with E-state index in [0.717, 1.165) is 37.1 Å². The predicted octanol–water partition coefficient (Wildman–Crippen LogP) is 3.16. The number of unbranched alkanes of at least 4 members (excludes halogenated alkanes) is 1.